The summed E-state index contributed by atoms with van der Waals surface area (Å²) in [5.74, 6) is -1.01. The van der Waals surface area contributed by atoms with E-state index in [9.17, 15) is 9.18 Å². The molecule has 2 rings (SSSR count). The number of amides is 1. The summed E-state index contributed by atoms with van der Waals surface area (Å²) >= 11 is 1.25. The van der Waals surface area contributed by atoms with E-state index in [-0.39, 0.29) is 5.56 Å². The molecule has 2 N–H and O–H groups in total. The lowest BCUT2D eigenvalue weighted by molar-refractivity contribution is 0.0942. The molecular formula is C14H13FN2OS. The van der Waals surface area contributed by atoms with Gasteiger partial charge in [-0.3, -0.25) is 10.2 Å². The maximum Gasteiger partial charge on any atom is 0.269 e. The van der Waals surface area contributed by atoms with Gasteiger partial charge in [0.15, 0.2) is 0 Å². The van der Waals surface area contributed by atoms with E-state index in [1.165, 1.54) is 18.0 Å². The Balaban J connectivity index is 1.95. The van der Waals surface area contributed by atoms with Crippen LogP contribution < -0.4 is 10.3 Å². The fourth-order valence-electron chi connectivity index (χ4n) is 1.60. The minimum Gasteiger partial charge on any atom is -0.277 e. The Bertz CT molecular complexity index is 555. The van der Waals surface area contributed by atoms with E-state index in [0.717, 1.165) is 4.90 Å². The smallest absolute Gasteiger partial charge is 0.269 e. The highest BCUT2D eigenvalue weighted by molar-refractivity contribution is 7.97. The van der Waals surface area contributed by atoms with Crippen LogP contribution in [0.3, 0.4) is 0 Å². The van der Waals surface area contributed by atoms with Crippen molar-refractivity contribution in [3.8, 4) is 0 Å². The first-order chi connectivity index (χ1) is 9.18. The van der Waals surface area contributed by atoms with Gasteiger partial charge in [-0.25, -0.2) is 4.39 Å². The molecule has 0 saturated carbocycles. The predicted octanol–water partition coefficient (Wildman–Crippen LogP) is 3.08. The van der Waals surface area contributed by atoms with Gasteiger partial charge < -0.3 is 0 Å². The third-order valence-corrected chi connectivity index (χ3v) is 3.24. The summed E-state index contributed by atoms with van der Waals surface area (Å²) in [5.41, 5.74) is 3.12. The maximum atomic E-state index is 13.6. The first-order valence-electron chi connectivity index (χ1n) is 5.71. The largest absolute Gasteiger partial charge is 0.277 e. The van der Waals surface area contributed by atoms with Crippen LogP contribution in [0, 0.1) is 12.7 Å². The Kier molecular flexibility index (Phi) is 4.54. The Hall–Kier alpha value is -1.85. The highest BCUT2D eigenvalue weighted by Crippen LogP contribution is 2.14. The second-order valence-corrected chi connectivity index (χ2v) is 4.78. The van der Waals surface area contributed by atoms with Crippen LogP contribution >= 0.6 is 11.9 Å². The van der Waals surface area contributed by atoms with Crippen LogP contribution in [0.4, 0.5) is 4.39 Å². The van der Waals surface area contributed by atoms with Gasteiger partial charge in [-0.2, -0.15) is 4.83 Å². The molecule has 2 aromatic rings. The third kappa shape index (κ3) is 3.56. The number of carbonyl (C=O) groups is 1. The van der Waals surface area contributed by atoms with E-state index in [0.29, 0.717) is 5.56 Å². The van der Waals surface area contributed by atoms with E-state index < -0.39 is 11.7 Å². The molecular weight excluding hydrogens is 263 g/mol. The number of hydrogen-bond acceptors (Lipinski definition) is 3. The Labute approximate surface area is 115 Å². The van der Waals surface area contributed by atoms with Crippen molar-refractivity contribution in [2.45, 2.75) is 11.8 Å². The molecule has 1 amide bonds. The highest BCUT2D eigenvalue weighted by atomic mass is 32.2. The first-order valence-corrected chi connectivity index (χ1v) is 6.52. The summed E-state index contributed by atoms with van der Waals surface area (Å²) < 4.78 is 13.6. The molecule has 0 aliphatic heterocycles. The lowest BCUT2D eigenvalue weighted by Crippen LogP contribution is -2.33. The molecule has 0 bridgehead atoms. The van der Waals surface area contributed by atoms with Crippen molar-refractivity contribution < 1.29 is 9.18 Å². The fraction of sp³-hybridized carbons (Fsp3) is 0.0714. The highest BCUT2D eigenvalue weighted by Gasteiger charge is 2.13. The number of nitrogens with one attached hydrogen (secondary N) is 2. The SMILES string of the molecule is Cc1cccc(F)c1C(=O)NNSc1ccccc1. The monoisotopic (exact) mass is 276 g/mol. The minimum atomic E-state index is -0.524. The van der Waals surface area contributed by atoms with Crippen LogP contribution in [0.1, 0.15) is 15.9 Å². The average Bonchev–Trinajstić information content (AvgIpc) is 2.40. The molecule has 0 aliphatic carbocycles. The van der Waals surface area contributed by atoms with Crippen molar-refractivity contribution in [1.82, 2.24) is 10.3 Å². The molecule has 19 heavy (non-hydrogen) atoms. The van der Waals surface area contributed by atoms with Crippen LogP contribution in [0.25, 0.3) is 0 Å². The quantitative estimate of drug-likeness (QED) is 0.666. The number of benzene rings is 2. The number of hydrazine groups is 1. The van der Waals surface area contributed by atoms with Crippen LogP contribution in [0.15, 0.2) is 53.4 Å². The molecule has 5 heteroatoms. The van der Waals surface area contributed by atoms with Crippen molar-refractivity contribution in [3.63, 3.8) is 0 Å². The van der Waals surface area contributed by atoms with E-state index in [4.69, 9.17) is 0 Å². The van der Waals surface area contributed by atoms with Crippen LogP contribution in [-0.2, 0) is 0 Å². The van der Waals surface area contributed by atoms with Crippen LogP contribution in [0.2, 0.25) is 0 Å². The molecule has 0 saturated heterocycles. The summed E-state index contributed by atoms with van der Waals surface area (Å²) in [4.78, 5) is 15.5. The topological polar surface area (TPSA) is 41.1 Å². The van der Waals surface area contributed by atoms with Gasteiger partial charge in [0.2, 0.25) is 0 Å². The fourth-order valence-corrected chi connectivity index (χ4v) is 2.16. The zero-order valence-electron chi connectivity index (χ0n) is 10.3. The van der Waals surface area contributed by atoms with Crippen molar-refractivity contribution in [1.29, 1.82) is 0 Å². The van der Waals surface area contributed by atoms with Gasteiger partial charge in [0, 0.05) is 4.90 Å². The minimum absolute atomic E-state index is 0.0589. The second kappa shape index (κ2) is 6.36. The second-order valence-electron chi connectivity index (χ2n) is 3.90. The Morgan fingerprint density at radius 2 is 1.84 bits per heavy atom. The third-order valence-electron chi connectivity index (χ3n) is 2.53. The van der Waals surface area contributed by atoms with Crippen LogP contribution in [-0.4, -0.2) is 5.91 Å². The lowest BCUT2D eigenvalue weighted by atomic mass is 10.1. The molecule has 0 fully saturated rings. The van der Waals surface area contributed by atoms with Gasteiger partial charge in [0.1, 0.15) is 5.82 Å². The van der Waals surface area contributed by atoms with Crippen LogP contribution in [0.5, 0.6) is 0 Å². The maximum absolute atomic E-state index is 13.6. The van der Waals surface area contributed by atoms with Gasteiger partial charge in [-0.1, -0.05) is 30.3 Å². The average molecular weight is 276 g/mol. The summed E-state index contributed by atoms with van der Waals surface area (Å²) in [6, 6.07) is 14.0. The number of hydrogen-bond donors (Lipinski definition) is 2. The molecule has 98 valence electrons. The number of carbonyl (C=O) groups excluding carboxylic acids is 1. The van der Waals surface area contributed by atoms with Crippen molar-refractivity contribution in [2.24, 2.45) is 0 Å². The van der Waals surface area contributed by atoms with Crippen molar-refractivity contribution in [3.05, 3.63) is 65.5 Å². The normalized spacial score (nSPS) is 10.2. The molecule has 0 aromatic heterocycles. The molecule has 0 radical (unpaired) electrons. The number of halogens is 1. The van der Waals surface area contributed by atoms with E-state index in [1.807, 2.05) is 30.3 Å². The van der Waals surface area contributed by atoms with Crippen molar-refractivity contribution in [2.75, 3.05) is 0 Å². The van der Waals surface area contributed by atoms with Gasteiger partial charge >= 0.3 is 0 Å². The zero-order valence-corrected chi connectivity index (χ0v) is 11.1. The lowest BCUT2D eigenvalue weighted by Gasteiger charge is -2.09. The first kappa shape index (κ1) is 13.6. The van der Waals surface area contributed by atoms with Gasteiger partial charge in [0.05, 0.1) is 5.56 Å². The molecule has 3 nitrogen and oxygen atoms in total. The molecule has 0 unspecified atom stereocenters. The van der Waals surface area contributed by atoms with Crippen molar-refractivity contribution >= 4 is 17.9 Å². The Morgan fingerprint density at radius 1 is 1.11 bits per heavy atom. The van der Waals surface area contributed by atoms with E-state index in [2.05, 4.69) is 10.3 Å². The molecule has 2 aromatic carbocycles. The number of rotatable bonds is 4. The zero-order chi connectivity index (χ0) is 13.7. The summed E-state index contributed by atoms with van der Waals surface area (Å²) in [6.45, 7) is 1.70. The van der Waals surface area contributed by atoms with E-state index in [1.54, 1.807) is 19.1 Å². The standard InChI is InChI=1S/C14H13FN2OS/c1-10-6-5-9-12(15)13(10)14(18)16-17-19-11-7-3-2-4-8-11/h2-9,17H,1H3,(H,16,18). The molecule has 0 heterocycles. The van der Waals surface area contributed by atoms with Gasteiger partial charge in [-0.15, -0.1) is 0 Å². The Morgan fingerprint density at radius 3 is 2.53 bits per heavy atom. The van der Waals surface area contributed by atoms with E-state index >= 15 is 0 Å². The molecule has 0 spiro atoms. The summed E-state index contributed by atoms with van der Waals surface area (Å²) in [7, 11) is 0. The summed E-state index contributed by atoms with van der Waals surface area (Å²) in [6.07, 6.45) is 0. The predicted molar refractivity (Wildman–Crippen MR) is 74.0 cm³/mol. The summed E-state index contributed by atoms with van der Waals surface area (Å²) in [5, 5.41) is 0. The molecule has 0 aliphatic rings. The van der Waals surface area contributed by atoms with Gasteiger partial charge in [-0.05, 0) is 42.6 Å². The molecule has 0 atom stereocenters. The van der Waals surface area contributed by atoms with Gasteiger partial charge in [0.25, 0.3) is 5.91 Å². The number of aryl methyl sites for hydroxylation is 1.